The molecule has 0 spiro atoms. The number of anilines is 1. The molecule has 0 aliphatic rings. The van der Waals surface area contributed by atoms with Crippen LogP contribution in [0.25, 0.3) is 0 Å². The molecule has 2 rings (SSSR count). The maximum atomic E-state index is 12.3. The van der Waals surface area contributed by atoms with E-state index in [9.17, 15) is 4.39 Å². The van der Waals surface area contributed by atoms with E-state index in [-0.39, 0.29) is 12.4 Å². The summed E-state index contributed by atoms with van der Waals surface area (Å²) in [5.74, 6) is 0. The van der Waals surface area contributed by atoms with E-state index in [1.807, 2.05) is 31.8 Å². The van der Waals surface area contributed by atoms with Crippen molar-refractivity contribution in [3.63, 3.8) is 0 Å². The minimum atomic E-state index is -0.399. The molecule has 0 amide bonds. The Morgan fingerprint density at radius 2 is 1.95 bits per heavy atom. The topological polar surface area (TPSA) is 47.7 Å². The molecule has 106 valence electrons. The van der Waals surface area contributed by atoms with Crippen molar-refractivity contribution in [2.24, 2.45) is 7.05 Å². The van der Waals surface area contributed by atoms with E-state index in [0.717, 1.165) is 22.6 Å². The molecule has 0 saturated carbocycles. The lowest BCUT2D eigenvalue weighted by molar-refractivity contribution is 0.423. The Labute approximate surface area is 118 Å². The summed E-state index contributed by atoms with van der Waals surface area (Å²) >= 11 is 0. The summed E-state index contributed by atoms with van der Waals surface area (Å²) in [5.41, 5.74) is 4.17. The fourth-order valence-corrected chi connectivity index (χ4v) is 1.83. The van der Waals surface area contributed by atoms with Crippen LogP contribution in [0.1, 0.15) is 17.0 Å². The summed E-state index contributed by atoms with van der Waals surface area (Å²) in [6.45, 7) is 4.56. The van der Waals surface area contributed by atoms with Gasteiger partial charge in [-0.2, -0.15) is 10.2 Å². The normalized spacial score (nSPS) is 10.3. The third-order valence-electron chi connectivity index (χ3n) is 3.21. The summed E-state index contributed by atoms with van der Waals surface area (Å²) in [7, 11) is 1.92. The lowest BCUT2D eigenvalue weighted by Gasteiger charge is -2.06. The van der Waals surface area contributed by atoms with Gasteiger partial charge in [0.2, 0.25) is 0 Å². The summed E-state index contributed by atoms with van der Waals surface area (Å²) in [5, 5.41) is 11.6. The Balaban J connectivity index is 0.00000180. The molecule has 19 heavy (non-hydrogen) atoms. The molecule has 0 saturated heterocycles. The molecule has 2 heterocycles. The zero-order chi connectivity index (χ0) is 13.1. The smallest absolute Gasteiger partial charge is 0.109 e. The average molecular weight is 288 g/mol. The molecule has 0 radical (unpaired) electrons. The van der Waals surface area contributed by atoms with Gasteiger partial charge in [0.05, 0.1) is 30.3 Å². The van der Waals surface area contributed by atoms with Crippen molar-refractivity contribution in [3.8, 4) is 0 Å². The van der Waals surface area contributed by atoms with E-state index in [1.54, 1.807) is 10.9 Å². The summed E-state index contributed by atoms with van der Waals surface area (Å²) in [6.07, 6.45) is 3.58. The molecule has 2 aromatic heterocycles. The highest BCUT2D eigenvalue weighted by Crippen LogP contribution is 2.15. The minimum Gasteiger partial charge on any atom is -0.378 e. The van der Waals surface area contributed by atoms with Gasteiger partial charge in [-0.25, -0.2) is 4.39 Å². The third kappa shape index (κ3) is 3.26. The van der Waals surface area contributed by atoms with Crippen LogP contribution in [0, 0.1) is 13.8 Å². The Bertz CT molecular complexity index is 534. The van der Waals surface area contributed by atoms with Crippen LogP contribution in [0.2, 0.25) is 0 Å². The molecule has 7 heteroatoms. The van der Waals surface area contributed by atoms with Gasteiger partial charge in [0.15, 0.2) is 0 Å². The van der Waals surface area contributed by atoms with Gasteiger partial charge in [-0.15, -0.1) is 12.4 Å². The van der Waals surface area contributed by atoms with Crippen molar-refractivity contribution in [2.45, 2.75) is 26.9 Å². The summed E-state index contributed by atoms with van der Waals surface area (Å²) in [4.78, 5) is 0. The fourth-order valence-electron chi connectivity index (χ4n) is 1.83. The number of hydrogen-bond donors (Lipinski definition) is 1. The standard InChI is InChI=1S/C12H18FN5.ClH/c1-9-11(7-15-17(9)3)6-14-12-8-16-18(5-4-13)10(12)2;/h7-8,14H,4-6H2,1-3H3;1H. The lowest BCUT2D eigenvalue weighted by atomic mass is 10.2. The number of nitrogens with one attached hydrogen (secondary N) is 1. The molecular weight excluding hydrogens is 269 g/mol. The molecular formula is C12H19ClFN5. The SMILES string of the molecule is Cc1c(CNc2cnn(CCF)c2C)cnn1C.Cl. The van der Waals surface area contributed by atoms with Gasteiger partial charge in [-0.05, 0) is 13.8 Å². The van der Waals surface area contributed by atoms with Gasteiger partial charge in [0.25, 0.3) is 0 Å². The maximum Gasteiger partial charge on any atom is 0.109 e. The molecule has 0 aliphatic carbocycles. The van der Waals surface area contributed by atoms with Crippen LogP contribution in [0.5, 0.6) is 0 Å². The molecule has 0 bridgehead atoms. The third-order valence-corrected chi connectivity index (χ3v) is 3.21. The first-order valence-corrected chi connectivity index (χ1v) is 5.93. The van der Waals surface area contributed by atoms with Crippen LogP contribution in [0.4, 0.5) is 10.1 Å². The van der Waals surface area contributed by atoms with E-state index in [4.69, 9.17) is 0 Å². The largest absolute Gasteiger partial charge is 0.378 e. The lowest BCUT2D eigenvalue weighted by Crippen LogP contribution is -2.05. The highest BCUT2D eigenvalue weighted by Gasteiger charge is 2.08. The predicted molar refractivity (Wildman–Crippen MR) is 75.5 cm³/mol. The van der Waals surface area contributed by atoms with Crippen LogP contribution in [-0.4, -0.2) is 26.2 Å². The van der Waals surface area contributed by atoms with Gasteiger partial charge in [-0.1, -0.05) is 0 Å². The number of nitrogens with zero attached hydrogens (tertiary/aromatic N) is 4. The first-order chi connectivity index (χ1) is 8.63. The molecule has 2 aromatic rings. The van der Waals surface area contributed by atoms with Gasteiger partial charge < -0.3 is 5.32 Å². The van der Waals surface area contributed by atoms with Crippen LogP contribution in [0.3, 0.4) is 0 Å². The van der Waals surface area contributed by atoms with Gasteiger partial charge in [-0.3, -0.25) is 9.36 Å². The van der Waals surface area contributed by atoms with Crippen molar-refractivity contribution in [1.29, 1.82) is 0 Å². The minimum absolute atomic E-state index is 0. The predicted octanol–water partition coefficient (Wildman–Crippen LogP) is 2.24. The van der Waals surface area contributed by atoms with Crippen LogP contribution in [0.15, 0.2) is 12.4 Å². The van der Waals surface area contributed by atoms with E-state index in [2.05, 4.69) is 15.5 Å². The van der Waals surface area contributed by atoms with Crippen molar-refractivity contribution >= 4 is 18.1 Å². The molecule has 0 unspecified atom stereocenters. The van der Waals surface area contributed by atoms with Gasteiger partial charge >= 0.3 is 0 Å². The number of hydrogen-bond acceptors (Lipinski definition) is 3. The Morgan fingerprint density at radius 1 is 1.21 bits per heavy atom. The van der Waals surface area contributed by atoms with Gasteiger partial charge in [0.1, 0.15) is 6.67 Å². The highest BCUT2D eigenvalue weighted by molar-refractivity contribution is 5.85. The van der Waals surface area contributed by atoms with Crippen molar-refractivity contribution in [2.75, 3.05) is 12.0 Å². The number of aromatic nitrogens is 4. The van der Waals surface area contributed by atoms with Crippen LogP contribution >= 0.6 is 12.4 Å². The van der Waals surface area contributed by atoms with E-state index in [1.165, 1.54) is 0 Å². The fraction of sp³-hybridized carbons (Fsp3) is 0.500. The number of rotatable bonds is 5. The summed E-state index contributed by atoms with van der Waals surface area (Å²) in [6, 6.07) is 0. The zero-order valence-electron chi connectivity index (χ0n) is 11.4. The molecule has 0 atom stereocenters. The number of alkyl halides is 1. The first kappa shape index (κ1) is 15.5. The van der Waals surface area contributed by atoms with Crippen LogP contribution in [-0.2, 0) is 20.1 Å². The van der Waals surface area contributed by atoms with E-state index < -0.39 is 6.67 Å². The average Bonchev–Trinajstić information content (AvgIpc) is 2.85. The second-order valence-electron chi connectivity index (χ2n) is 4.29. The van der Waals surface area contributed by atoms with Crippen molar-refractivity contribution in [1.82, 2.24) is 19.6 Å². The molecule has 5 nitrogen and oxygen atoms in total. The molecule has 0 fully saturated rings. The quantitative estimate of drug-likeness (QED) is 0.917. The Hall–Kier alpha value is -1.56. The molecule has 0 aliphatic heterocycles. The first-order valence-electron chi connectivity index (χ1n) is 5.93. The van der Waals surface area contributed by atoms with Gasteiger partial charge in [0, 0.05) is 24.8 Å². The zero-order valence-corrected chi connectivity index (χ0v) is 12.2. The number of halogens is 2. The maximum absolute atomic E-state index is 12.3. The highest BCUT2D eigenvalue weighted by atomic mass is 35.5. The van der Waals surface area contributed by atoms with E-state index >= 15 is 0 Å². The van der Waals surface area contributed by atoms with E-state index in [0.29, 0.717) is 13.1 Å². The second-order valence-corrected chi connectivity index (χ2v) is 4.29. The van der Waals surface area contributed by atoms with Crippen molar-refractivity contribution in [3.05, 3.63) is 29.3 Å². The number of aryl methyl sites for hydroxylation is 2. The molecule has 1 N–H and O–H groups in total. The second kappa shape index (κ2) is 6.56. The monoisotopic (exact) mass is 287 g/mol. The Morgan fingerprint density at radius 3 is 2.53 bits per heavy atom. The Kier molecular flexibility index (Phi) is 5.35. The molecule has 0 aromatic carbocycles. The van der Waals surface area contributed by atoms with Crippen molar-refractivity contribution < 1.29 is 4.39 Å². The summed E-state index contributed by atoms with van der Waals surface area (Å²) < 4.78 is 15.8. The van der Waals surface area contributed by atoms with Crippen LogP contribution < -0.4 is 5.32 Å².